The second kappa shape index (κ2) is 4.35. The van der Waals surface area contributed by atoms with Crippen LogP contribution in [-0.4, -0.2) is 14.5 Å². The van der Waals surface area contributed by atoms with Crippen LogP contribution in [0.2, 0.25) is 0 Å². The Morgan fingerprint density at radius 3 is 2.39 bits per heavy atom. The van der Waals surface area contributed by atoms with Crippen molar-refractivity contribution in [2.75, 3.05) is 0 Å². The summed E-state index contributed by atoms with van der Waals surface area (Å²) in [7, 11) is -3.33. The van der Waals surface area contributed by atoms with Crippen LogP contribution < -0.4 is 4.72 Å². The van der Waals surface area contributed by atoms with Gasteiger partial charge in [0.25, 0.3) is 0 Å². The molecule has 1 N–H and O–H groups in total. The Bertz CT molecular complexity index is 535. The van der Waals surface area contributed by atoms with Gasteiger partial charge in [0.15, 0.2) is 0 Å². The highest BCUT2D eigenvalue weighted by molar-refractivity contribution is 7.89. The molecule has 0 amide bonds. The molecule has 3 atom stereocenters. The quantitative estimate of drug-likeness (QED) is 0.912. The maximum absolute atomic E-state index is 12.3. The lowest BCUT2D eigenvalue weighted by atomic mass is 9.96. The Kier molecular flexibility index (Phi) is 2.94. The van der Waals surface area contributed by atoms with Crippen LogP contribution in [0.25, 0.3) is 0 Å². The fourth-order valence-corrected chi connectivity index (χ4v) is 4.69. The van der Waals surface area contributed by atoms with Crippen LogP contribution in [0.1, 0.15) is 31.2 Å². The van der Waals surface area contributed by atoms with Gasteiger partial charge >= 0.3 is 0 Å². The first-order valence-electron chi connectivity index (χ1n) is 6.63. The van der Waals surface area contributed by atoms with Gasteiger partial charge in [0.1, 0.15) is 0 Å². The first kappa shape index (κ1) is 12.2. The smallest absolute Gasteiger partial charge is 0.208 e. The monoisotopic (exact) mass is 265 g/mol. The van der Waals surface area contributed by atoms with Gasteiger partial charge in [0.2, 0.25) is 10.0 Å². The number of sulfonamides is 1. The van der Waals surface area contributed by atoms with Crippen molar-refractivity contribution in [3.63, 3.8) is 0 Å². The number of rotatable bonds is 3. The molecular weight excluding hydrogens is 246 g/mol. The van der Waals surface area contributed by atoms with E-state index in [1.54, 1.807) is 12.1 Å². The summed E-state index contributed by atoms with van der Waals surface area (Å²) in [5.74, 6) is 1.32. The molecule has 0 aliphatic heterocycles. The highest BCUT2D eigenvalue weighted by atomic mass is 32.2. The summed E-state index contributed by atoms with van der Waals surface area (Å²) >= 11 is 0. The maximum atomic E-state index is 12.3. The zero-order chi connectivity index (χ0) is 12.8. The molecule has 1 aromatic carbocycles. The van der Waals surface area contributed by atoms with Gasteiger partial charge in [-0.1, -0.05) is 24.1 Å². The van der Waals surface area contributed by atoms with Crippen LogP contribution in [0.5, 0.6) is 0 Å². The molecule has 1 aromatic rings. The lowest BCUT2D eigenvalue weighted by Gasteiger charge is -2.22. The lowest BCUT2D eigenvalue weighted by Crippen LogP contribution is -2.38. The first-order valence-corrected chi connectivity index (χ1v) is 8.12. The van der Waals surface area contributed by atoms with Crippen LogP contribution in [0.3, 0.4) is 0 Å². The molecule has 0 aromatic heterocycles. The lowest BCUT2D eigenvalue weighted by molar-refractivity contribution is 0.390. The van der Waals surface area contributed by atoms with Crippen molar-refractivity contribution in [1.29, 1.82) is 0 Å². The Labute approximate surface area is 109 Å². The van der Waals surface area contributed by atoms with Crippen LogP contribution >= 0.6 is 0 Å². The highest BCUT2D eigenvalue weighted by Gasteiger charge is 2.41. The fraction of sp³-hybridized carbons (Fsp3) is 0.571. The average molecular weight is 265 g/mol. The van der Waals surface area contributed by atoms with Gasteiger partial charge in [-0.3, -0.25) is 0 Å². The van der Waals surface area contributed by atoms with Gasteiger partial charge < -0.3 is 0 Å². The minimum atomic E-state index is -3.33. The average Bonchev–Trinajstić information content (AvgIpc) is 2.91. The van der Waals surface area contributed by atoms with E-state index in [1.807, 2.05) is 19.1 Å². The summed E-state index contributed by atoms with van der Waals surface area (Å²) < 4.78 is 27.4. The molecule has 1 unspecified atom stereocenters. The highest BCUT2D eigenvalue weighted by Crippen LogP contribution is 2.44. The molecular formula is C14H19NO2S. The van der Waals surface area contributed by atoms with Crippen LogP contribution in [0, 0.1) is 18.8 Å². The van der Waals surface area contributed by atoms with Gasteiger partial charge in [-0.2, -0.15) is 0 Å². The van der Waals surface area contributed by atoms with E-state index in [-0.39, 0.29) is 6.04 Å². The maximum Gasteiger partial charge on any atom is 0.240 e. The normalized spacial score (nSPS) is 30.8. The van der Waals surface area contributed by atoms with Crippen LogP contribution in [-0.2, 0) is 10.0 Å². The molecule has 0 heterocycles. The number of nitrogens with one attached hydrogen (secondary N) is 1. The second-order valence-corrected chi connectivity index (χ2v) is 7.43. The Morgan fingerprint density at radius 2 is 1.83 bits per heavy atom. The SMILES string of the molecule is Cc1ccc(S(=O)(=O)NC2C[C@@H]3CC[C@H]2C3)cc1. The van der Waals surface area contributed by atoms with Crippen molar-refractivity contribution in [3.8, 4) is 0 Å². The van der Waals surface area contributed by atoms with E-state index in [0.717, 1.165) is 17.9 Å². The first-order chi connectivity index (χ1) is 8.54. The predicted molar refractivity (Wildman–Crippen MR) is 70.7 cm³/mol. The third-order valence-corrected chi connectivity index (χ3v) is 5.88. The number of aryl methyl sites for hydroxylation is 1. The minimum Gasteiger partial charge on any atom is -0.208 e. The van der Waals surface area contributed by atoms with E-state index in [9.17, 15) is 8.42 Å². The summed E-state index contributed by atoms with van der Waals surface area (Å²) in [5.41, 5.74) is 1.08. The molecule has 2 aliphatic rings. The molecule has 4 heteroatoms. The van der Waals surface area contributed by atoms with Gasteiger partial charge in [-0.25, -0.2) is 13.1 Å². The zero-order valence-electron chi connectivity index (χ0n) is 10.6. The standard InChI is InChI=1S/C14H19NO2S/c1-10-2-6-13(7-3-10)18(16,17)15-14-9-11-4-5-12(14)8-11/h2-3,6-7,11-12,14-15H,4-5,8-9H2,1H3/t11-,12+,14?/m1/s1. The molecule has 2 fully saturated rings. The summed E-state index contributed by atoms with van der Waals surface area (Å²) in [6, 6.07) is 7.22. The van der Waals surface area contributed by atoms with E-state index in [4.69, 9.17) is 0 Å². The largest absolute Gasteiger partial charge is 0.240 e. The molecule has 0 saturated heterocycles. The van der Waals surface area contributed by atoms with Gasteiger partial charge in [0.05, 0.1) is 4.90 Å². The minimum absolute atomic E-state index is 0.162. The molecule has 0 radical (unpaired) electrons. The zero-order valence-corrected chi connectivity index (χ0v) is 11.4. The second-order valence-electron chi connectivity index (χ2n) is 5.72. The molecule has 2 bridgehead atoms. The third kappa shape index (κ3) is 2.19. The summed E-state index contributed by atoms with van der Waals surface area (Å²) in [6.45, 7) is 1.96. The van der Waals surface area contributed by atoms with E-state index in [2.05, 4.69) is 4.72 Å². The topological polar surface area (TPSA) is 46.2 Å². The molecule has 2 saturated carbocycles. The number of hydrogen-bond donors (Lipinski definition) is 1. The molecule has 3 nitrogen and oxygen atoms in total. The van der Waals surface area contributed by atoms with Crippen molar-refractivity contribution < 1.29 is 8.42 Å². The van der Waals surface area contributed by atoms with Gasteiger partial charge in [-0.05, 0) is 50.2 Å². The van der Waals surface area contributed by atoms with Gasteiger partial charge in [0, 0.05) is 6.04 Å². The Morgan fingerprint density at radius 1 is 1.11 bits per heavy atom. The molecule has 18 heavy (non-hydrogen) atoms. The van der Waals surface area contributed by atoms with Crippen LogP contribution in [0.15, 0.2) is 29.2 Å². The Hall–Kier alpha value is -0.870. The van der Waals surface area contributed by atoms with E-state index in [1.165, 1.54) is 19.3 Å². The van der Waals surface area contributed by atoms with Gasteiger partial charge in [-0.15, -0.1) is 0 Å². The molecule has 2 aliphatic carbocycles. The van der Waals surface area contributed by atoms with Crippen molar-refractivity contribution in [2.24, 2.45) is 11.8 Å². The molecule has 0 spiro atoms. The van der Waals surface area contributed by atoms with Crippen molar-refractivity contribution >= 4 is 10.0 Å². The molecule has 3 rings (SSSR count). The number of hydrogen-bond acceptors (Lipinski definition) is 2. The fourth-order valence-electron chi connectivity index (χ4n) is 3.37. The van der Waals surface area contributed by atoms with Crippen molar-refractivity contribution in [1.82, 2.24) is 4.72 Å². The Balaban J connectivity index is 1.77. The molecule has 98 valence electrons. The van der Waals surface area contributed by atoms with E-state index in [0.29, 0.717) is 10.8 Å². The predicted octanol–water partition coefficient (Wildman–Crippen LogP) is 2.46. The summed E-state index contributed by atoms with van der Waals surface area (Å²) in [5, 5.41) is 0. The number of fused-ring (bicyclic) bond motifs is 2. The van der Waals surface area contributed by atoms with E-state index >= 15 is 0 Å². The van der Waals surface area contributed by atoms with Crippen molar-refractivity contribution in [3.05, 3.63) is 29.8 Å². The van der Waals surface area contributed by atoms with Crippen LogP contribution in [0.4, 0.5) is 0 Å². The van der Waals surface area contributed by atoms with Crippen molar-refractivity contribution in [2.45, 2.75) is 43.5 Å². The number of benzene rings is 1. The third-order valence-electron chi connectivity index (χ3n) is 4.38. The van der Waals surface area contributed by atoms with E-state index < -0.39 is 10.0 Å². The summed E-state index contributed by atoms with van der Waals surface area (Å²) in [4.78, 5) is 0.385. The summed E-state index contributed by atoms with van der Waals surface area (Å²) in [6.07, 6.45) is 4.70.